The molecule has 0 aromatic carbocycles. The van der Waals surface area contributed by atoms with Crippen molar-refractivity contribution < 1.29 is 8.85 Å². The van der Waals surface area contributed by atoms with Gasteiger partial charge in [0.15, 0.2) is 0 Å². The smallest absolute Gasteiger partial charge is 0.402 e. The van der Waals surface area contributed by atoms with Crippen molar-refractivity contribution in [2.75, 3.05) is 6.61 Å². The average molecular weight is 285 g/mol. The highest BCUT2D eigenvalue weighted by molar-refractivity contribution is 6.70. The van der Waals surface area contributed by atoms with E-state index in [1.54, 1.807) is 0 Å². The van der Waals surface area contributed by atoms with E-state index < -0.39 is 8.56 Å². The third-order valence-corrected chi connectivity index (χ3v) is 8.49. The molecule has 0 amide bonds. The molecule has 1 saturated carbocycles. The number of allylic oxidation sites excluding steroid dienone is 1. The maximum absolute atomic E-state index is 6.24. The molecule has 1 aliphatic carbocycles. The Balaban J connectivity index is 2.72. The first-order valence-corrected chi connectivity index (χ1v) is 10.2. The second kappa shape index (κ2) is 8.10. The van der Waals surface area contributed by atoms with E-state index in [9.17, 15) is 0 Å². The van der Waals surface area contributed by atoms with Crippen LogP contribution in [0.4, 0.5) is 0 Å². The largest absolute Gasteiger partial charge is 0.524 e. The van der Waals surface area contributed by atoms with Crippen LogP contribution in [0.25, 0.3) is 0 Å². The quantitative estimate of drug-likeness (QED) is 0.374. The Morgan fingerprint density at radius 3 is 2.42 bits per heavy atom. The molecule has 2 atom stereocenters. The second-order valence-corrected chi connectivity index (χ2v) is 9.29. The molecule has 0 bridgehead atoms. The fourth-order valence-electron chi connectivity index (χ4n) is 2.91. The standard InChI is InChI=1S/C16H32O2Si/c1-6-9-10-15(7-2)13-19(17-8-3,16-11-12-16)18-14(4)5/h15-16H,4,6-13H2,1-3,5H3. The fraction of sp³-hybridized carbons (Fsp3) is 0.875. The third-order valence-electron chi connectivity index (χ3n) is 4.05. The summed E-state index contributed by atoms with van der Waals surface area (Å²) in [4.78, 5) is 0. The lowest BCUT2D eigenvalue weighted by atomic mass is 10.0. The topological polar surface area (TPSA) is 18.5 Å². The summed E-state index contributed by atoms with van der Waals surface area (Å²) in [6.07, 6.45) is 7.76. The average Bonchev–Trinajstić information content (AvgIpc) is 3.18. The van der Waals surface area contributed by atoms with Gasteiger partial charge in [0.2, 0.25) is 0 Å². The Morgan fingerprint density at radius 2 is 2.00 bits per heavy atom. The molecule has 0 aromatic heterocycles. The van der Waals surface area contributed by atoms with Crippen LogP contribution in [-0.4, -0.2) is 15.2 Å². The first-order valence-electron chi connectivity index (χ1n) is 8.06. The Morgan fingerprint density at radius 1 is 1.32 bits per heavy atom. The molecule has 0 radical (unpaired) electrons. The third kappa shape index (κ3) is 5.31. The summed E-state index contributed by atoms with van der Waals surface area (Å²) in [5.74, 6) is 1.61. The van der Waals surface area contributed by atoms with E-state index in [2.05, 4.69) is 27.4 Å². The van der Waals surface area contributed by atoms with Crippen molar-refractivity contribution in [2.45, 2.75) is 77.8 Å². The zero-order chi connectivity index (χ0) is 14.3. The second-order valence-electron chi connectivity index (χ2n) is 5.94. The van der Waals surface area contributed by atoms with Crippen molar-refractivity contribution in [2.24, 2.45) is 5.92 Å². The van der Waals surface area contributed by atoms with Gasteiger partial charge in [-0.15, -0.1) is 0 Å². The number of hydrogen-bond donors (Lipinski definition) is 0. The molecule has 0 aliphatic heterocycles. The fourth-order valence-corrected chi connectivity index (χ4v) is 7.32. The lowest BCUT2D eigenvalue weighted by Crippen LogP contribution is -2.44. The Bertz CT molecular complexity index is 276. The molecule has 2 unspecified atom stereocenters. The minimum atomic E-state index is -2.06. The van der Waals surface area contributed by atoms with Crippen LogP contribution in [0.3, 0.4) is 0 Å². The van der Waals surface area contributed by atoms with Crippen molar-refractivity contribution in [3.8, 4) is 0 Å². The molecular weight excluding hydrogens is 252 g/mol. The van der Waals surface area contributed by atoms with Crippen LogP contribution >= 0.6 is 0 Å². The van der Waals surface area contributed by atoms with Gasteiger partial charge in [0.1, 0.15) is 0 Å². The zero-order valence-electron chi connectivity index (χ0n) is 13.3. The number of rotatable bonds is 11. The highest BCUT2D eigenvalue weighted by atomic mass is 28.4. The van der Waals surface area contributed by atoms with Gasteiger partial charge in [0.05, 0.1) is 5.76 Å². The summed E-state index contributed by atoms with van der Waals surface area (Å²) in [6, 6.07) is 1.16. The van der Waals surface area contributed by atoms with E-state index in [1.807, 2.05) is 6.92 Å². The van der Waals surface area contributed by atoms with Crippen molar-refractivity contribution in [3.05, 3.63) is 12.3 Å². The lowest BCUT2D eigenvalue weighted by Gasteiger charge is -2.34. The van der Waals surface area contributed by atoms with Crippen LogP contribution < -0.4 is 0 Å². The van der Waals surface area contributed by atoms with Crippen molar-refractivity contribution in [1.82, 2.24) is 0 Å². The maximum atomic E-state index is 6.24. The summed E-state index contributed by atoms with van der Waals surface area (Å²) in [5.41, 5.74) is 0.708. The molecule has 1 aliphatic rings. The molecule has 0 N–H and O–H groups in total. The van der Waals surface area contributed by atoms with Crippen LogP contribution in [0.2, 0.25) is 11.6 Å². The highest BCUT2D eigenvalue weighted by Crippen LogP contribution is 2.50. The molecule has 0 spiro atoms. The van der Waals surface area contributed by atoms with E-state index in [4.69, 9.17) is 8.85 Å². The predicted octanol–water partition coefficient (Wildman–Crippen LogP) is 5.40. The Kier molecular flexibility index (Phi) is 7.15. The van der Waals surface area contributed by atoms with Crippen molar-refractivity contribution in [1.29, 1.82) is 0 Å². The summed E-state index contributed by atoms with van der Waals surface area (Å²) >= 11 is 0. The van der Waals surface area contributed by atoms with Crippen LogP contribution in [0.5, 0.6) is 0 Å². The maximum Gasteiger partial charge on any atom is 0.402 e. The van der Waals surface area contributed by atoms with Crippen molar-refractivity contribution in [3.63, 3.8) is 0 Å². The van der Waals surface area contributed by atoms with Crippen LogP contribution in [0.15, 0.2) is 12.3 Å². The van der Waals surface area contributed by atoms with Gasteiger partial charge in [-0.2, -0.15) is 0 Å². The Hall–Kier alpha value is -0.283. The van der Waals surface area contributed by atoms with Crippen LogP contribution in [0.1, 0.15) is 66.2 Å². The van der Waals surface area contributed by atoms with E-state index in [0.29, 0.717) is 5.54 Å². The van der Waals surface area contributed by atoms with Gasteiger partial charge in [-0.1, -0.05) is 46.1 Å². The van der Waals surface area contributed by atoms with Crippen LogP contribution in [-0.2, 0) is 8.85 Å². The van der Waals surface area contributed by atoms with Gasteiger partial charge < -0.3 is 8.85 Å². The first-order chi connectivity index (χ1) is 9.07. The van der Waals surface area contributed by atoms with Crippen molar-refractivity contribution >= 4 is 8.56 Å². The molecule has 1 rings (SSSR count). The summed E-state index contributed by atoms with van der Waals surface area (Å²) in [7, 11) is -2.06. The van der Waals surface area contributed by atoms with E-state index in [1.165, 1.54) is 38.5 Å². The van der Waals surface area contributed by atoms with Gasteiger partial charge in [0, 0.05) is 18.2 Å². The van der Waals surface area contributed by atoms with E-state index in [-0.39, 0.29) is 0 Å². The van der Waals surface area contributed by atoms with Gasteiger partial charge in [-0.05, 0) is 32.6 Å². The van der Waals surface area contributed by atoms with E-state index >= 15 is 0 Å². The summed E-state index contributed by atoms with van der Waals surface area (Å²) in [5, 5.41) is 0. The number of hydrogen-bond acceptors (Lipinski definition) is 2. The summed E-state index contributed by atoms with van der Waals surface area (Å²) in [6.45, 7) is 13.4. The first kappa shape index (κ1) is 16.8. The minimum absolute atomic E-state index is 0.708. The van der Waals surface area contributed by atoms with Gasteiger partial charge in [0.25, 0.3) is 0 Å². The van der Waals surface area contributed by atoms with Gasteiger partial charge in [-0.3, -0.25) is 0 Å². The lowest BCUT2D eigenvalue weighted by molar-refractivity contribution is 0.205. The molecule has 0 aromatic rings. The molecule has 1 fully saturated rings. The summed E-state index contributed by atoms with van der Waals surface area (Å²) < 4.78 is 12.5. The predicted molar refractivity (Wildman–Crippen MR) is 84.4 cm³/mol. The molecule has 2 nitrogen and oxygen atoms in total. The monoisotopic (exact) mass is 284 g/mol. The molecule has 0 heterocycles. The van der Waals surface area contributed by atoms with Gasteiger partial charge >= 0.3 is 8.56 Å². The molecular formula is C16H32O2Si. The number of unbranched alkanes of at least 4 members (excludes halogenated alkanes) is 1. The minimum Gasteiger partial charge on any atom is -0.524 e. The van der Waals surface area contributed by atoms with Gasteiger partial charge in [-0.25, -0.2) is 0 Å². The molecule has 19 heavy (non-hydrogen) atoms. The highest BCUT2D eigenvalue weighted by Gasteiger charge is 2.54. The molecule has 0 saturated heterocycles. The molecule has 112 valence electrons. The SMILES string of the molecule is C=C(C)O[Si](CC(CC)CCCC)(OCC)C1CC1. The normalized spacial score (nSPS) is 19.8. The van der Waals surface area contributed by atoms with E-state index in [0.717, 1.165) is 24.3 Å². The Labute approximate surface area is 120 Å². The van der Waals surface area contributed by atoms with Crippen LogP contribution in [0, 0.1) is 5.92 Å². The molecule has 3 heteroatoms. The zero-order valence-corrected chi connectivity index (χ0v) is 14.3.